The smallest absolute Gasteiger partial charge is 0.104 e. The van der Waals surface area contributed by atoms with Gasteiger partial charge in [-0.1, -0.05) is 291 Å². The molecule has 1 aliphatic rings. The van der Waals surface area contributed by atoms with Gasteiger partial charge in [-0.3, -0.25) is 5.32 Å². The monoisotopic (exact) mass is 1070 g/mol. The van der Waals surface area contributed by atoms with Gasteiger partial charge in [-0.05, 0) is 131 Å². The number of hydrogen-bond donors (Lipinski definition) is 2. The summed E-state index contributed by atoms with van der Waals surface area (Å²) in [7, 11) is 0. The molecular weight excluding hydrogens is 1010 g/mol. The van der Waals surface area contributed by atoms with E-state index in [1.807, 2.05) is 0 Å². The molecule has 12 aromatic carbocycles. The molecule has 13 aromatic rings. The van der Waals surface area contributed by atoms with Crippen molar-refractivity contribution >= 4 is 5.70 Å². The zero-order valence-electron chi connectivity index (χ0n) is 46.4. The Bertz CT molecular complexity index is 4180. The van der Waals surface area contributed by atoms with Crippen molar-refractivity contribution < 1.29 is 0 Å². The highest BCUT2D eigenvalue weighted by atomic mass is 15.2. The van der Waals surface area contributed by atoms with Crippen molar-refractivity contribution in [3.05, 3.63) is 350 Å². The molecule has 0 saturated heterocycles. The summed E-state index contributed by atoms with van der Waals surface area (Å²) in [6.07, 6.45) is 2.15. The molecule has 2 heterocycles. The summed E-state index contributed by atoms with van der Waals surface area (Å²) in [5, 5.41) is 8.13. The Morgan fingerprint density at radius 1 is 0.226 bits per heavy atom. The molecule has 2 N–H and O–H groups in total. The van der Waals surface area contributed by atoms with Gasteiger partial charge in [-0.25, -0.2) is 4.98 Å². The number of rotatable bonds is 13. The topological polar surface area (TPSA) is 37.0 Å². The van der Waals surface area contributed by atoms with Crippen LogP contribution < -0.4 is 10.6 Å². The molecule has 1 aromatic heterocycles. The maximum Gasteiger partial charge on any atom is 0.104 e. The van der Waals surface area contributed by atoms with Crippen LogP contribution in [0, 0.1) is 0 Å². The molecule has 3 nitrogen and oxygen atoms in total. The van der Waals surface area contributed by atoms with Crippen molar-refractivity contribution in [1.29, 1.82) is 0 Å². The molecule has 84 heavy (non-hydrogen) atoms. The van der Waals surface area contributed by atoms with E-state index in [1.54, 1.807) is 0 Å². The summed E-state index contributed by atoms with van der Waals surface area (Å²) in [5.41, 5.74) is 26.9. The Morgan fingerprint density at radius 2 is 0.512 bits per heavy atom. The zero-order valence-corrected chi connectivity index (χ0v) is 46.4. The number of nitrogens with zero attached hydrogens (tertiary/aromatic N) is 1. The van der Waals surface area contributed by atoms with E-state index < -0.39 is 0 Å². The molecule has 0 spiro atoms. The number of nitrogens with one attached hydrogen (secondary N) is 2. The van der Waals surface area contributed by atoms with E-state index in [2.05, 4.69) is 344 Å². The molecule has 0 bridgehead atoms. The summed E-state index contributed by atoms with van der Waals surface area (Å²) in [5.74, 6) is 0. The van der Waals surface area contributed by atoms with Crippen molar-refractivity contribution in [2.75, 3.05) is 0 Å². The zero-order chi connectivity index (χ0) is 56.0. The van der Waals surface area contributed by atoms with Crippen LogP contribution in [0.15, 0.2) is 334 Å². The lowest BCUT2D eigenvalue weighted by atomic mass is 9.83. The molecule has 0 aliphatic carbocycles. The highest BCUT2D eigenvalue weighted by Gasteiger charge is 2.28. The summed E-state index contributed by atoms with van der Waals surface area (Å²) in [6, 6.07) is 118. The number of benzene rings is 12. The van der Waals surface area contributed by atoms with Crippen LogP contribution in [-0.2, 0) is 0 Å². The quantitative estimate of drug-likeness (QED) is 0.121. The Balaban J connectivity index is 0.874. The average molecular weight is 1070 g/mol. The van der Waals surface area contributed by atoms with Crippen molar-refractivity contribution in [1.82, 2.24) is 15.6 Å². The Kier molecular flexibility index (Phi) is 14.3. The van der Waals surface area contributed by atoms with E-state index in [0.29, 0.717) is 0 Å². The summed E-state index contributed by atoms with van der Waals surface area (Å²) in [6.45, 7) is 0. The van der Waals surface area contributed by atoms with Gasteiger partial charge in [0.05, 0.1) is 17.4 Å². The van der Waals surface area contributed by atoms with E-state index in [4.69, 9.17) is 4.98 Å². The van der Waals surface area contributed by atoms with Gasteiger partial charge < -0.3 is 5.32 Å². The standard InChI is InChI=1S/C81H59N3/c1-9-25-56(26-10-1)68-49-69(57-27-11-2-12-28-57)52-72(51-68)74-55-75(73-53-70(58-29-13-3-14-30-58)50-71(54-73)59-31-15-4-16-32-59)83-81(82-74)67-47-43-61(44-48-67)60-41-45-64(46-42-60)76-77(62-33-17-5-18-34-62)79(65-37-21-7-22-38-65)84-80(66-39-23-8-24-40-66)78(76)63-35-19-6-20-36-63/h1-55,74,81-83H. The van der Waals surface area contributed by atoms with Gasteiger partial charge in [0, 0.05) is 33.5 Å². The fourth-order valence-electron chi connectivity index (χ4n) is 11.9. The van der Waals surface area contributed by atoms with E-state index in [-0.39, 0.29) is 12.2 Å². The van der Waals surface area contributed by atoms with Crippen LogP contribution >= 0.6 is 0 Å². The molecule has 1 aliphatic heterocycles. The summed E-state index contributed by atoms with van der Waals surface area (Å²) < 4.78 is 0. The van der Waals surface area contributed by atoms with Gasteiger partial charge in [0.2, 0.25) is 0 Å². The van der Waals surface area contributed by atoms with Gasteiger partial charge in [0.1, 0.15) is 6.17 Å². The summed E-state index contributed by atoms with van der Waals surface area (Å²) in [4.78, 5) is 5.66. The third-order valence-electron chi connectivity index (χ3n) is 16.1. The highest BCUT2D eigenvalue weighted by Crippen LogP contribution is 2.49. The van der Waals surface area contributed by atoms with E-state index >= 15 is 0 Å². The minimum absolute atomic E-state index is 0.148. The van der Waals surface area contributed by atoms with Crippen LogP contribution in [0.4, 0.5) is 0 Å². The van der Waals surface area contributed by atoms with Gasteiger partial charge >= 0.3 is 0 Å². The second-order valence-electron chi connectivity index (χ2n) is 21.5. The van der Waals surface area contributed by atoms with Gasteiger partial charge in [-0.2, -0.15) is 0 Å². The fraction of sp³-hybridized carbons (Fsp3) is 0.0247. The molecule has 3 heteroatoms. The highest BCUT2D eigenvalue weighted by molar-refractivity contribution is 6.05. The van der Waals surface area contributed by atoms with E-state index in [9.17, 15) is 0 Å². The van der Waals surface area contributed by atoms with Crippen LogP contribution in [0.3, 0.4) is 0 Å². The van der Waals surface area contributed by atoms with Gasteiger partial charge in [0.15, 0.2) is 0 Å². The number of aromatic nitrogens is 1. The van der Waals surface area contributed by atoms with E-state index in [1.165, 1.54) is 50.1 Å². The lowest BCUT2D eigenvalue weighted by Crippen LogP contribution is -2.39. The van der Waals surface area contributed by atoms with Gasteiger partial charge in [0.25, 0.3) is 0 Å². The lowest BCUT2D eigenvalue weighted by molar-refractivity contribution is 0.443. The molecule has 0 saturated carbocycles. The molecule has 0 amide bonds. The normalized spacial score (nSPS) is 13.8. The van der Waals surface area contributed by atoms with Crippen LogP contribution in [0.1, 0.15) is 28.9 Å². The molecule has 2 unspecified atom stereocenters. The minimum Gasteiger partial charge on any atom is -0.366 e. The first-order chi connectivity index (χ1) is 41.6. The second kappa shape index (κ2) is 23.4. The fourth-order valence-corrected chi connectivity index (χ4v) is 11.9. The molecule has 0 radical (unpaired) electrons. The maximum absolute atomic E-state index is 5.66. The van der Waals surface area contributed by atoms with Crippen molar-refractivity contribution in [2.24, 2.45) is 0 Å². The van der Waals surface area contributed by atoms with Crippen LogP contribution in [0.25, 0.3) is 117 Å². The predicted molar refractivity (Wildman–Crippen MR) is 351 cm³/mol. The molecule has 2 atom stereocenters. The SMILES string of the molecule is C1=C(c2cc(-c3ccccc3)cc(-c3ccccc3)c2)NC(c2ccc(-c3ccc(-c4c(-c5ccccc5)c(-c5ccccc5)nc(-c5ccccc5)c4-c4ccccc4)cc3)cc2)NC1c1cc(-c2ccccc2)cc(-c2ccccc2)c1. The van der Waals surface area contributed by atoms with Crippen molar-refractivity contribution in [3.63, 3.8) is 0 Å². The number of hydrogen-bond acceptors (Lipinski definition) is 3. The number of pyridine rings is 1. The predicted octanol–water partition coefficient (Wildman–Crippen LogP) is 20.7. The van der Waals surface area contributed by atoms with Crippen molar-refractivity contribution in [2.45, 2.75) is 12.2 Å². The maximum atomic E-state index is 5.66. The van der Waals surface area contributed by atoms with Gasteiger partial charge in [-0.15, -0.1) is 0 Å². The second-order valence-corrected chi connectivity index (χ2v) is 21.5. The first-order valence-electron chi connectivity index (χ1n) is 28.9. The lowest BCUT2D eigenvalue weighted by Gasteiger charge is -2.34. The van der Waals surface area contributed by atoms with E-state index in [0.717, 1.165) is 83.8 Å². The Morgan fingerprint density at radius 3 is 0.893 bits per heavy atom. The first-order valence-corrected chi connectivity index (χ1v) is 28.9. The molecular formula is C81H59N3. The van der Waals surface area contributed by atoms with Crippen LogP contribution in [0.2, 0.25) is 0 Å². The Labute approximate surface area is 492 Å². The minimum atomic E-state index is -0.232. The van der Waals surface area contributed by atoms with Crippen molar-refractivity contribution in [3.8, 4) is 112 Å². The third-order valence-corrected chi connectivity index (χ3v) is 16.1. The Hall–Kier alpha value is -10.7. The largest absolute Gasteiger partial charge is 0.366 e. The third kappa shape index (κ3) is 10.7. The first kappa shape index (κ1) is 51.4. The van der Waals surface area contributed by atoms with Crippen LogP contribution in [0.5, 0.6) is 0 Å². The molecule has 398 valence electrons. The summed E-state index contributed by atoms with van der Waals surface area (Å²) >= 11 is 0. The molecule has 14 rings (SSSR count). The average Bonchev–Trinajstić information content (AvgIpc) is 3.70. The molecule has 0 fully saturated rings. The van der Waals surface area contributed by atoms with Crippen LogP contribution in [-0.4, -0.2) is 4.98 Å².